The van der Waals surface area contributed by atoms with Crippen molar-refractivity contribution in [3.8, 4) is 12.3 Å². The second-order valence-electron chi connectivity index (χ2n) is 6.25. The normalized spacial score (nSPS) is 23.9. The summed E-state index contributed by atoms with van der Waals surface area (Å²) in [7, 11) is 0. The van der Waals surface area contributed by atoms with Crippen LogP contribution >= 0.6 is 11.6 Å². The van der Waals surface area contributed by atoms with Gasteiger partial charge in [-0.05, 0) is 23.8 Å². The fraction of sp³-hybridized carbons (Fsp3) is 0.143. The van der Waals surface area contributed by atoms with Crippen molar-refractivity contribution >= 4 is 29.2 Å². The summed E-state index contributed by atoms with van der Waals surface area (Å²) >= 11 is 6.19. The standard InChI is InChI=1S/C21H14ClNO3/c1-3-11-23-17-10-9-15(22)12-16(17)21(20(23)25)18(13(2)19(24)26-21)14-7-5-4-6-8-14/h1,4-10,12,18H,2,11H2/t18-,21-/m0/s1. The summed E-state index contributed by atoms with van der Waals surface area (Å²) < 4.78 is 5.70. The molecule has 0 bridgehead atoms. The van der Waals surface area contributed by atoms with Gasteiger partial charge in [0.15, 0.2) is 0 Å². The van der Waals surface area contributed by atoms with Crippen LogP contribution in [0.4, 0.5) is 5.69 Å². The summed E-state index contributed by atoms with van der Waals surface area (Å²) in [5.41, 5.74) is 0.599. The van der Waals surface area contributed by atoms with E-state index in [1.54, 1.807) is 18.2 Å². The number of halogens is 1. The SMILES string of the molecule is C#CCN1C(=O)[C@]2(OC(=O)C(=C)[C@H]2c2ccccc2)c2cc(Cl)ccc21. The zero-order valence-corrected chi connectivity index (χ0v) is 14.5. The van der Waals surface area contributed by atoms with Crippen molar-refractivity contribution < 1.29 is 14.3 Å². The lowest BCUT2D eigenvalue weighted by Gasteiger charge is -2.28. The molecule has 128 valence electrons. The number of terminal acetylenes is 1. The van der Waals surface area contributed by atoms with Gasteiger partial charge in [-0.15, -0.1) is 6.42 Å². The van der Waals surface area contributed by atoms with Crippen molar-refractivity contribution in [2.75, 3.05) is 11.4 Å². The molecule has 2 aromatic rings. The maximum absolute atomic E-state index is 13.4. The lowest BCUT2D eigenvalue weighted by Crippen LogP contribution is -2.43. The molecule has 0 radical (unpaired) electrons. The van der Waals surface area contributed by atoms with Crippen LogP contribution in [0.15, 0.2) is 60.7 Å². The van der Waals surface area contributed by atoms with Gasteiger partial charge in [0.25, 0.3) is 5.91 Å². The molecule has 1 fully saturated rings. The van der Waals surface area contributed by atoms with Gasteiger partial charge in [-0.25, -0.2) is 4.79 Å². The van der Waals surface area contributed by atoms with Gasteiger partial charge < -0.3 is 4.74 Å². The summed E-state index contributed by atoms with van der Waals surface area (Å²) in [4.78, 5) is 27.3. The van der Waals surface area contributed by atoms with E-state index in [1.165, 1.54) is 4.90 Å². The monoisotopic (exact) mass is 363 g/mol. The summed E-state index contributed by atoms with van der Waals surface area (Å²) in [5, 5.41) is 0.443. The van der Waals surface area contributed by atoms with Crippen molar-refractivity contribution in [3.63, 3.8) is 0 Å². The number of nitrogens with zero attached hydrogens (tertiary/aromatic N) is 1. The van der Waals surface area contributed by atoms with Gasteiger partial charge in [-0.2, -0.15) is 0 Å². The molecule has 5 heteroatoms. The van der Waals surface area contributed by atoms with Gasteiger partial charge in [-0.3, -0.25) is 9.69 Å². The smallest absolute Gasteiger partial charge is 0.335 e. The number of fused-ring (bicyclic) bond motifs is 2. The van der Waals surface area contributed by atoms with Gasteiger partial charge in [0.1, 0.15) is 0 Å². The molecule has 2 aliphatic rings. The average molecular weight is 364 g/mol. The minimum Gasteiger partial charge on any atom is -0.439 e. The van der Waals surface area contributed by atoms with E-state index in [9.17, 15) is 9.59 Å². The number of ether oxygens (including phenoxy) is 1. The topological polar surface area (TPSA) is 46.6 Å². The Labute approximate surface area is 156 Å². The Morgan fingerprint density at radius 3 is 2.65 bits per heavy atom. The zero-order valence-electron chi connectivity index (χ0n) is 13.7. The minimum absolute atomic E-state index is 0.0702. The maximum atomic E-state index is 13.4. The molecular formula is C21H14ClNO3. The van der Waals surface area contributed by atoms with Gasteiger partial charge in [-0.1, -0.05) is 54.4 Å². The molecule has 2 atom stereocenters. The van der Waals surface area contributed by atoms with E-state index in [4.69, 9.17) is 22.8 Å². The number of hydrogen-bond acceptors (Lipinski definition) is 3. The number of carbonyl (C=O) groups excluding carboxylic acids is 2. The Morgan fingerprint density at radius 2 is 1.96 bits per heavy atom. The molecule has 4 nitrogen and oxygen atoms in total. The van der Waals surface area contributed by atoms with E-state index in [0.717, 1.165) is 5.56 Å². The highest BCUT2D eigenvalue weighted by molar-refractivity contribution is 6.31. The summed E-state index contributed by atoms with van der Waals surface area (Å²) in [6.07, 6.45) is 5.45. The van der Waals surface area contributed by atoms with Gasteiger partial charge in [0.2, 0.25) is 5.60 Å². The number of hydrogen-bond donors (Lipinski definition) is 0. The quantitative estimate of drug-likeness (QED) is 0.466. The van der Waals surface area contributed by atoms with E-state index < -0.39 is 17.5 Å². The van der Waals surface area contributed by atoms with Crippen LogP contribution in [-0.4, -0.2) is 18.4 Å². The van der Waals surface area contributed by atoms with Crippen LogP contribution in [0, 0.1) is 12.3 Å². The Hall–Kier alpha value is -3.03. The Bertz CT molecular complexity index is 992. The van der Waals surface area contributed by atoms with Crippen molar-refractivity contribution in [2.45, 2.75) is 11.5 Å². The number of esters is 1. The summed E-state index contributed by atoms with van der Waals surface area (Å²) in [5.74, 6) is 0.861. The fourth-order valence-corrected chi connectivity index (χ4v) is 3.98. The molecule has 2 aliphatic heterocycles. The highest BCUT2D eigenvalue weighted by Crippen LogP contribution is 2.57. The van der Waals surface area contributed by atoms with E-state index in [1.807, 2.05) is 30.3 Å². The number of amides is 1. The molecule has 0 N–H and O–H groups in total. The number of carbonyl (C=O) groups is 2. The van der Waals surface area contributed by atoms with Gasteiger partial charge in [0, 0.05) is 16.2 Å². The third kappa shape index (κ3) is 2.04. The summed E-state index contributed by atoms with van der Waals surface area (Å²) in [6.45, 7) is 3.96. The predicted octanol–water partition coefficient (Wildman–Crippen LogP) is 3.41. The predicted molar refractivity (Wildman–Crippen MR) is 98.7 cm³/mol. The second-order valence-corrected chi connectivity index (χ2v) is 6.69. The maximum Gasteiger partial charge on any atom is 0.335 e. The Morgan fingerprint density at radius 1 is 1.23 bits per heavy atom. The van der Waals surface area contributed by atoms with Crippen LogP contribution in [0.1, 0.15) is 17.0 Å². The molecule has 2 aromatic carbocycles. The van der Waals surface area contributed by atoms with Crippen LogP contribution < -0.4 is 4.90 Å². The lowest BCUT2D eigenvalue weighted by molar-refractivity contribution is -0.157. The van der Waals surface area contributed by atoms with E-state index in [2.05, 4.69) is 12.5 Å². The van der Waals surface area contributed by atoms with Gasteiger partial charge >= 0.3 is 5.97 Å². The number of anilines is 1. The van der Waals surface area contributed by atoms with Crippen LogP contribution in [0.25, 0.3) is 0 Å². The van der Waals surface area contributed by atoms with E-state index in [-0.39, 0.29) is 18.0 Å². The first kappa shape index (κ1) is 16.4. The second kappa shape index (κ2) is 5.76. The average Bonchev–Trinajstić information content (AvgIpc) is 3.03. The largest absolute Gasteiger partial charge is 0.439 e. The zero-order chi connectivity index (χ0) is 18.5. The molecule has 0 aliphatic carbocycles. The van der Waals surface area contributed by atoms with Crippen LogP contribution in [0.2, 0.25) is 5.02 Å². The molecule has 1 saturated heterocycles. The van der Waals surface area contributed by atoms with Crippen molar-refractivity contribution in [1.29, 1.82) is 0 Å². The molecule has 1 spiro atoms. The highest BCUT2D eigenvalue weighted by atomic mass is 35.5. The third-order valence-electron chi connectivity index (χ3n) is 4.87. The van der Waals surface area contributed by atoms with Crippen molar-refractivity contribution in [3.05, 3.63) is 76.8 Å². The van der Waals surface area contributed by atoms with Gasteiger partial charge in [0.05, 0.1) is 18.2 Å². The first-order valence-corrected chi connectivity index (χ1v) is 8.41. The van der Waals surface area contributed by atoms with Crippen LogP contribution in [-0.2, 0) is 19.9 Å². The van der Waals surface area contributed by atoms with Crippen LogP contribution in [0.5, 0.6) is 0 Å². The Balaban J connectivity index is 2.01. The molecule has 4 rings (SSSR count). The third-order valence-corrected chi connectivity index (χ3v) is 5.10. The highest BCUT2D eigenvalue weighted by Gasteiger charge is 2.64. The van der Waals surface area contributed by atoms with Crippen molar-refractivity contribution in [2.24, 2.45) is 0 Å². The first-order valence-electron chi connectivity index (χ1n) is 8.03. The lowest BCUT2D eigenvalue weighted by atomic mass is 9.76. The van der Waals surface area contributed by atoms with E-state index >= 15 is 0 Å². The summed E-state index contributed by atoms with van der Waals surface area (Å²) in [6, 6.07) is 14.3. The Kier molecular flexibility index (Phi) is 3.64. The molecule has 26 heavy (non-hydrogen) atoms. The number of rotatable bonds is 2. The molecule has 0 unspecified atom stereocenters. The minimum atomic E-state index is -1.54. The molecule has 2 heterocycles. The molecular weight excluding hydrogens is 350 g/mol. The molecule has 1 amide bonds. The van der Waals surface area contributed by atoms with Crippen LogP contribution in [0.3, 0.4) is 0 Å². The fourth-order valence-electron chi connectivity index (χ4n) is 3.81. The first-order chi connectivity index (χ1) is 12.5. The molecule has 0 aromatic heterocycles. The van der Waals surface area contributed by atoms with Crippen molar-refractivity contribution in [1.82, 2.24) is 0 Å². The van der Waals surface area contributed by atoms with E-state index in [0.29, 0.717) is 16.3 Å². The number of benzene rings is 2. The molecule has 0 saturated carbocycles.